The molecule has 0 radical (unpaired) electrons. The van der Waals surface area contributed by atoms with Crippen LogP contribution >= 0.6 is 11.8 Å². The van der Waals surface area contributed by atoms with Crippen molar-refractivity contribution in [3.63, 3.8) is 0 Å². The Hall–Kier alpha value is -3.59. The monoisotopic (exact) mass is 538 g/mol. The van der Waals surface area contributed by atoms with Crippen molar-refractivity contribution in [2.45, 2.75) is 59.8 Å². The van der Waals surface area contributed by atoms with Gasteiger partial charge in [0, 0.05) is 26.5 Å². The van der Waals surface area contributed by atoms with Crippen LogP contribution in [0.2, 0.25) is 0 Å². The summed E-state index contributed by atoms with van der Waals surface area (Å²) in [5.41, 5.74) is 8.14. The molecule has 7 rings (SSSR count). The molecule has 1 atom stereocenters. The Balaban J connectivity index is 1.36. The van der Waals surface area contributed by atoms with Gasteiger partial charge in [-0.3, -0.25) is 0 Å². The first kappa shape index (κ1) is 25.4. The summed E-state index contributed by atoms with van der Waals surface area (Å²) in [6.07, 6.45) is 4.77. The van der Waals surface area contributed by atoms with Crippen LogP contribution in [0.5, 0.6) is 0 Å². The molecule has 0 saturated heterocycles. The van der Waals surface area contributed by atoms with Crippen LogP contribution in [-0.4, -0.2) is 5.11 Å². The summed E-state index contributed by atoms with van der Waals surface area (Å²) in [5.74, 6) is 1.14. The lowest BCUT2D eigenvalue weighted by atomic mass is 9.72. The van der Waals surface area contributed by atoms with E-state index in [4.69, 9.17) is 0 Å². The molecular formula is C38H34OS. The highest BCUT2D eigenvalue weighted by atomic mass is 32.2. The van der Waals surface area contributed by atoms with Gasteiger partial charge < -0.3 is 5.11 Å². The highest BCUT2D eigenvalue weighted by Gasteiger charge is 2.44. The third-order valence-electron chi connectivity index (χ3n) is 9.10. The van der Waals surface area contributed by atoms with Crippen molar-refractivity contribution in [3.05, 3.63) is 155 Å². The molecule has 1 unspecified atom stereocenters. The molecule has 5 aromatic rings. The van der Waals surface area contributed by atoms with Crippen LogP contribution in [0, 0.1) is 6.92 Å². The molecule has 0 aromatic heterocycles. The summed E-state index contributed by atoms with van der Waals surface area (Å²) in [6, 6.07) is 42.8. The van der Waals surface area contributed by atoms with E-state index in [0.29, 0.717) is 11.8 Å². The lowest BCUT2D eigenvalue weighted by Crippen LogP contribution is -2.33. The largest absolute Gasteiger partial charge is 0.376 e. The predicted octanol–water partition coefficient (Wildman–Crippen LogP) is 9.85. The standard InChI is InChI=1S/C38H34OS/c1-26-20-25-34-37(36(26)30-23-21-28(22-24-30)27-12-4-2-5-13-27)40-35-19-11-10-18-33(35)38(34,39)32-17-9-8-16-31(32)29-14-6-3-7-15-29/h2-20,25,28,30,39H,21-24H2,1H3. The van der Waals surface area contributed by atoms with Gasteiger partial charge in [-0.15, -0.1) is 0 Å². The molecule has 1 heterocycles. The van der Waals surface area contributed by atoms with Crippen molar-refractivity contribution >= 4 is 11.8 Å². The molecule has 1 nitrogen and oxygen atoms in total. The molecule has 1 N–H and O–H groups in total. The fraction of sp³-hybridized carbons (Fsp3) is 0.211. The van der Waals surface area contributed by atoms with E-state index in [2.05, 4.69) is 122 Å². The maximum absolute atomic E-state index is 13.1. The normalized spacial score (nSPS) is 21.9. The minimum absolute atomic E-state index is 0.501. The third kappa shape index (κ3) is 4.22. The van der Waals surface area contributed by atoms with Crippen LogP contribution in [0.15, 0.2) is 131 Å². The van der Waals surface area contributed by atoms with Gasteiger partial charge in [0.05, 0.1) is 0 Å². The average Bonchev–Trinajstić information content (AvgIpc) is 3.02. The highest BCUT2D eigenvalue weighted by Crippen LogP contribution is 2.56. The molecule has 0 amide bonds. The first-order chi connectivity index (χ1) is 19.6. The Labute approximate surface area is 241 Å². The molecule has 5 aromatic carbocycles. The zero-order valence-corrected chi connectivity index (χ0v) is 23.7. The maximum Gasteiger partial charge on any atom is 0.143 e. The number of fused-ring (bicyclic) bond motifs is 2. The smallest absolute Gasteiger partial charge is 0.143 e. The van der Waals surface area contributed by atoms with Gasteiger partial charge in [0.25, 0.3) is 0 Å². The average molecular weight is 539 g/mol. The zero-order chi connectivity index (χ0) is 27.1. The van der Waals surface area contributed by atoms with Crippen LogP contribution in [0.25, 0.3) is 11.1 Å². The first-order valence-electron chi connectivity index (χ1n) is 14.5. The van der Waals surface area contributed by atoms with Gasteiger partial charge in [-0.2, -0.15) is 0 Å². The van der Waals surface area contributed by atoms with Crippen molar-refractivity contribution in [1.29, 1.82) is 0 Å². The van der Waals surface area contributed by atoms with E-state index < -0.39 is 5.60 Å². The van der Waals surface area contributed by atoms with E-state index in [1.54, 1.807) is 0 Å². The van der Waals surface area contributed by atoms with Crippen molar-refractivity contribution in [3.8, 4) is 11.1 Å². The second-order valence-corrected chi connectivity index (χ2v) is 12.4. The lowest BCUT2D eigenvalue weighted by Gasteiger charge is -2.40. The van der Waals surface area contributed by atoms with E-state index in [0.717, 1.165) is 32.7 Å². The van der Waals surface area contributed by atoms with Gasteiger partial charge in [0.15, 0.2) is 0 Å². The molecule has 1 aliphatic heterocycles. The number of hydrogen-bond donors (Lipinski definition) is 1. The van der Waals surface area contributed by atoms with Crippen molar-refractivity contribution in [2.24, 2.45) is 0 Å². The SMILES string of the molecule is Cc1ccc2c(c1C1CCC(c3ccccc3)CC1)Sc1ccccc1C2(O)c1ccccc1-c1ccccc1. The minimum atomic E-state index is -1.24. The van der Waals surface area contributed by atoms with Gasteiger partial charge >= 0.3 is 0 Å². The molecule has 2 aliphatic rings. The Morgan fingerprint density at radius 2 is 1.20 bits per heavy atom. The summed E-state index contributed by atoms with van der Waals surface area (Å²) in [5, 5.41) is 13.1. The highest BCUT2D eigenvalue weighted by molar-refractivity contribution is 7.99. The molecule has 1 saturated carbocycles. The third-order valence-corrected chi connectivity index (χ3v) is 10.3. The Bertz CT molecular complexity index is 1650. The number of hydrogen-bond acceptors (Lipinski definition) is 2. The Morgan fingerprint density at radius 3 is 1.95 bits per heavy atom. The van der Waals surface area contributed by atoms with Crippen molar-refractivity contribution in [1.82, 2.24) is 0 Å². The molecule has 0 bridgehead atoms. The van der Waals surface area contributed by atoms with Crippen LogP contribution in [0.1, 0.15) is 70.9 Å². The second-order valence-electron chi connectivity index (χ2n) is 11.4. The first-order valence-corrected chi connectivity index (χ1v) is 15.3. The number of aliphatic hydroxyl groups is 1. The van der Waals surface area contributed by atoms with E-state index >= 15 is 0 Å². The van der Waals surface area contributed by atoms with Gasteiger partial charge in [-0.1, -0.05) is 127 Å². The molecular weight excluding hydrogens is 504 g/mol. The summed E-state index contributed by atoms with van der Waals surface area (Å²) in [4.78, 5) is 2.40. The summed E-state index contributed by atoms with van der Waals surface area (Å²) in [7, 11) is 0. The molecule has 198 valence electrons. The van der Waals surface area contributed by atoms with Crippen LogP contribution in [-0.2, 0) is 5.60 Å². The number of aryl methyl sites for hydroxylation is 1. The molecule has 2 heteroatoms. The fourth-order valence-electron chi connectivity index (χ4n) is 7.11. The molecule has 40 heavy (non-hydrogen) atoms. The Morgan fingerprint density at radius 1 is 0.600 bits per heavy atom. The van der Waals surface area contributed by atoms with E-state index in [1.165, 1.54) is 47.3 Å². The summed E-state index contributed by atoms with van der Waals surface area (Å²) < 4.78 is 0. The van der Waals surface area contributed by atoms with E-state index in [-0.39, 0.29) is 0 Å². The number of benzene rings is 5. The van der Waals surface area contributed by atoms with E-state index in [9.17, 15) is 5.11 Å². The maximum atomic E-state index is 13.1. The predicted molar refractivity (Wildman–Crippen MR) is 166 cm³/mol. The minimum Gasteiger partial charge on any atom is -0.376 e. The quantitative estimate of drug-likeness (QED) is 0.246. The topological polar surface area (TPSA) is 20.2 Å². The van der Waals surface area contributed by atoms with Crippen molar-refractivity contribution < 1.29 is 5.11 Å². The van der Waals surface area contributed by atoms with Crippen LogP contribution < -0.4 is 0 Å². The second kappa shape index (κ2) is 10.4. The van der Waals surface area contributed by atoms with Gasteiger partial charge in [-0.25, -0.2) is 0 Å². The summed E-state index contributed by atoms with van der Waals surface area (Å²) in [6.45, 7) is 2.26. The number of rotatable bonds is 4. The van der Waals surface area contributed by atoms with Crippen LogP contribution in [0.4, 0.5) is 0 Å². The fourth-order valence-corrected chi connectivity index (χ4v) is 8.56. The lowest BCUT2D eigenvalue weighted by molar-refractivity contribution is 0.119. The molecule has 0 spiro atoms. The zero-order valence-electron chi connectivity index (χ0n) is 22.9. The van der Waals surface area contributed by atoms with Crippen molar-refractivity contribution in [2.75, 3.05) is 0 Å². The van der Waals surface area contributed by atoms with E-state index in [1.807, 2.05) is 17.8 Å². The molecule has 1 aliphatic carbocycles. The van der Waals surface area contributed by atoms with Gasteiger partial charge in [0.1, 0.15) is 5.60 Å². The van der Waals surface area contributed by atoms with Gasteiger partial charge in [-0.05, 0) is 78.3 Å². The Kier molecular flexibility index (Phi) is 6.62. The van der Waals surface area contributed by atoms with Gasteiger partial charge in [0.2, 0.25) is 0 Å². The summed E-state index contributed by atoms with van der Waals surface area (Å²) >= 11 is 1.85. The molecule has 1 fully saturated rings. The van der Waals surface area contributed by atoms with Crippen LogP contribution in [0.3, 0.4) is 0 Å².